The minimum atomic E-state index is -0.771. The van der Waals surface area contributed by atoms with Gasteiger partial charge >= 0.3 is 17.9 Å². The molecule has 0 aromatic heterocycles. The average molecular weight is 1110 g/mol. The van der Waals surface area contributed by atoms with E-state index < -0.39 is 6.10 Å². The first-order valence-electron chi connectivity index (χ1n) is 35.8. The SMILES string of the molecule is CCCCCC/C=C\C/C=C\CCCCCCCCCC(=O)OC(COC(=O)CCCCCCCCCCCC)COC(=O)CCCCCCCCCCCCCCCCCCCCCCCCCCCCCCCCCCC. The summed E-state index contributed by atoms with van der Waals surface area (Å²) in [5.74, 6) is -0.850. The summed E-state index contributed by atoms with van der Waals surface area (Å²) in [7, 11) is 0. The second-order valence-electron chi connectivity index (χ2n) is 24.5. The minimum Gasteiger partial charge on any atom is -0.462 e. The summed E-state index contributed by atoms with van der Waals surface area (Å²) in [5.41, 5.74) is 0. The summed E-state index contributed by atoms with van der Waals surface area (Å²) in [4.78, 5) is 38.3. The molecular formula is C73H138O6. The zero-order chi connectivity index (χ0) is 57.1. The van der Waals surface area contributed by atoms with Crippen LogP contribution >= 0.6 is 0 Å². The van der Waals surface area contributed by atoms with Gasteiger partial charge in [-0.1, -0.05) is 360 Å². The van der Waals surface area contributed by atoms with Crippen LogP contribution in [0.4, 0.5) is 0 Å². The van der Waals surface area contributed by atoms with Gasteiger partial charge in [-0.2, -0.15) is 0 Å². The van der Waals surface area contributed by atoms with E-state index in [2.05, 4.69) is 45.1 Å². The molecule has 0 aliphatic rings. The Balaban J connectivity index is 4.03. The maximum Gasteiger partial charge on any atom is 0.306 e. The highest BCUT2D eigenvalue weighted by Gasteiger charge is 2.19. The maximum atomic E-state index is 12.9. The average Bonchev–Trinajstić information content (AvgIpc) is 3.45. The highest BCUT2D eigenvalue weighted by molar-refractivity contribution is 5.71. The summed E-state index contributed by atoms with van der Waals surface area (Å²) >= 11 is 0. The van der Waals surface area contributed by atoms with Crippen molar-refractivity contribution in [3.63, 3.8) is 0 Å². The third-order valence-corrected chi connectivity index (χ3v) is 16.5. The molecule has 0 radical (unpaired) electrons. The lowest BCUT2D eigenvalue weighted by atomic mass is 10.0. The zero-order valence-electron chi connectivity index (χ0n) is 53.7. The Morgan fingerprint density at radius 3 is 0.709 bits per heavy atom. The first-order chi connectivity index (χ1) is 39.0. The van der Waals surface area contributed by atoms with E-state index in [1.165, 1.54) is 295 Å². The molecule has 0 heterocycles. The summed E-state index contributed by atoms with van der Waals surface area (Å²) in [5, 5.41) is 0. The van der Waals surface area contributed by atoms with Crippen LogP contribution in [-0.4, -0.2) is 37.2 Å². The van der Waals surface area contributed by atoms with Crippen LogP contribution in [0.5, 0.6) is 0 Å². The number of carbonyl (C=O) groups excluding carboxylic acids is 3. The lowest BCUT2D eigenvalue weighted by Crippen LogP contribution is -2.30. The van der Waals surface area contributed by atoms with Crippen molar-refractivity contribution < 1.29 is 28.6 Å². The Morgan fingerprint density at radius 1 is 0.253 bits per heavy atom. The van der Waals surface area contributed by atoms with Gasteiger partial charge in [0.05, 0.1) is 0 Å². The third kappa shape index (κ3) is 66.6. The molecule has 0 fully saturated rings. The molecule has 1 atom stereocenters. The molecule has 0 amide bonds. The minimum absolute atomic E-state index is 0.0687. The van der Waals surface area contributed by atoms with Crippen LogP contribution in [0.1, 0.15) is 406 Å². The molecule has 0 aromatic carbocycles. The number of hydrogen-bond donors (Lipinski definition) is 0. The summed E-state index contributed by atoms with van der Waals surface area (Å²) in [6.07, 6.45) is 83.8. The van der Waals surface area contributed by atoms with Gasteiger partial charge in [0.25, 0.3) is 0 Å². The molecule has 0 aromatic rings. The molecule has 0 saturated heterocycles. The zero-order valence-corrected chi connectivity index (χ0v) is 53.7. The van der Waals surface area contributed by atoms with Crippen LogP contribution in [0.15, 0.2) is 24.3 Å². The van der Waals surface area contributed by atoms with Gasteiger partial charge in [-0.05, 0) is 51.4 Å². The normalized spacial score (nSPS) is 12.1. The predicted molar refractivity (Wildman–Crippen MR) is 344 cm³/mol. The topological polar surface area (TPSA) is 78.9 Å². The third-order valence-electron chi connectivity index (χ3n) is 16.5. The highest BCUT2D eigenvalue weighted by Crippen LogP contribution is 2.19. The number of unbranched alkanes of at least 4 members (excludes halogenated alkanes) is 52. The molecule has 79 heavy (non-hydrogen) atoms. The fourth-order valence-corrected chi connectivity index (χ4v) is 11.1. The Kier molecular flexibility index (Phi) is 66.6. The number of ether oxygens (including phenoxy) is 3. The Hall–Kier alpha value is -2.11. The van der Waals surface area contributed by atoms with E-state index in [-0.39, 0.29) is 31.1 Å². The van der Waals surface area contributed by atoms with Gasteiger partial charge in [0.1, 0.15) is 13.2 Å². The van der Waals surface area contributed by atoms with E-state index in [1.54, 1.807) is 0 Å². The number of carbonyl (C=O) groups is 3. The van der Waals surface area contributed by atoms with Crippen LogP contribution in [-0.2, 0) is 28.6 Å². The van der Waals surface area contributed by atoms with Crippen LogP contribution < -0.4 is 0 Å². The van der Waals surface area contributed by atoms with Crippen molar-refractivity contribution in [3.8, 4) is 0 Å². The van der Waals surface area contributed by atoms with Crippen LogP contribution in [0, 0.1) is 0 Å². The fraction of sp³-hybridized carbons (Fsp3) is 0.904. The molecule has 0 aliphatic carbocycles. The van der Waals surface area contributed by atoms with Gasteiger partial charge in [0.15, 0.2) is 6.10 Å². The predicted octanol–water partition coefficient (Wildman–Crippen LogP) is 24.6. The second-order valence-corrected chi connectivity index (χ2v) is 24.5. The molecule has 1 unspecified atom stereocenters. The molecule has 0 bridgehead atoms. The van der Waals surface area contributed by atoms with Gasteiger partial charge < -0.3 is 14.2 Å². The smallest absolute Gasteiger partial charge is 0.306 e. The Labute approximate surface area is 493 Å². The van der Waals surface area contributed by atoms with E-state index >= 15 is 0 Å². The van der Waals surface area contributed by atoms with Crippen molar-refractivity contribution in [2.24, 2.45) is 0 Å². The first-order valence-corrected chi connectivity index (χ1v) is 35.8. The van der Waals surface area contributed by atoms with Crippen LogP contribution in [0.3, 0.4) is 0 Å². The van der Waals surface area contributed by atoms with Crippen molar-refractivity contribution in [1.29, 1.82) is 0 Å². The lowest BCUT2D eigenvalue weighted by Gasteiger charge is -2.18. The molecule has 0 spiro atoms. The lowest BCUT2D eigenvalue weighted by molar-refractivity contribution is -0.167. The number of rotatable bonds is 67. The number of esters is 3. The van der Waals surface area contributed by atoms with E-state index in [1.807, 2.05) is 0 Å². The molecule has 6 nitrogen and oxygen atoms in total. The van der Waals surface area contributed by atoms with Gasteiger partial charge in [0.2, 0.25) is 0 Å². The van der Waals surface area contributed by atoms with Gasteiger partial charge in [-0.25, -0.2) is 0 Å². The van der Waals surface area contributed by atoms with Gasteiger partial charge in [-0.15, -0.1) is 0 Å². The van der Waals surface area contributed by atoms with Crippen molar-refractivity contribution in [3.05, 3.63) is 24.3 Å². The maximum absolute atomic E-state index is 12.9. The van der Waals surface area contributed by atoms with Crippen molar-refractivity contribution >= 4 is 17.9 Å². The van der Waals surface area contributed by atoms with E-state index in [9.17, 15) is 14.4 Å². The Bertz CT molecular complexity index is 1270. The van der Waals surface area contributed by atoms with Gasteiger partial charge in [0, 0.05) is 19.3 Å². The summed E-state index contributed by atoms with van der Waals surface area (Å²) in [6.45, 7) is 6.68. The molecule has 0 saturated carbocycles. The Morgan fingerprint density at radius 2 is 0.456 bits per heavy atom. The van der Waals surface area contributed by atoms with Crippen LogP contribution in [0.25, 0.3) is 0 Å². The molecule has 466 valence electrons. The summed E-state index contributed by atoms with van der Waals surface area (Å²) < 4.78 is 16.9. The fourth-order valence-electron chi connectivity index (χ4n) is 11.1. The van der Waals surface area contributed by atoms with E-state index in [0.717, 1.165) is 70.6 Å². The van der Waals surface area contributed by atoms with Crippen molar-refractivity contribution in [1.82, 2.24) is 0 Å². The monoisotopic (exact) mass is 1110 g/mol. The largest absolute Gasteiger partial charge is 0.462 e. The standard InChI is InChI=1S/C73H138O6/c1-4-7-10-13-16-19-22-24-26-28-30-31-32-33-34-35-36-37-38-39-40-41-42-43-44-46-47-49-51-54-57-60-63-66-72(75)78-69-70(68-77-71(74)65-62-59-56-53-21-18-15-12-9-6-3)79-73(76)67-64-61-58-55-52-50-48-45-29-27-25-23-20-17-14-11-8-5-2/h20,23,27,29,70H,4-19,21-22,24-26,28,30-69H2,1-3H3/b23-20-,29-27-. The quantitative estimate of drug-likeness (QED) is 0.0261. The highest BCUT2D eigenvalue weighted by atomic mass is 16.6. The number of hydrogen-bond acceptors (Lipinski definition) is 6. The molecule has 0 N–H and O–H groups in total. The molecule has 0 aliphatic heterocycles. The second kappa shape index (κ2) is 68.4. The van der Waals surface area contributed by atoms with Crippen LogP contribution in [0.2, 0.25) is 0 Å². The molecular weight excluding hydrogens is 973 g/mol. The molecule has 6 heteroatoms. The van der Waals surface area contributed by atoms with E-state index in [0.29, 0.717) is 19.3 Å². The van der Waals surface area contributed by atoms with Crippen molar-refractivity contribution in [2.75, 3.05) is 13.2 Å². The first kappa shape index (κ1) is 76.9. The van der Waals surface area contributed by atoms with Gasteiger partial charge in [-0.3, -0.25) is 14.4 Å². The number of allylic oxidation sites excluding steroid dienone is 4. The van der Waals surface area contributed by atoms with E-state index in [4.69, 9.17) is 14.2 Å². The molecule has 0 rings (SSSR count). The summed E-state index contributed by atoms with van der Waals surface area (Å²) in [6, 6.07) is 0. The van der Waals surface area contributed by atoms with Crippen molar-refractivity contribution in [2.45, 2.75) is 412 Å².